The second kappa shape index (κ2) is 13.9. The molecule has 0 aromatic heterocycles. The number of hydrogen-bond acceptors (Lipinski definition) is 8. The van der Waals surface area contributed by atoms with Crippen LogP contribution in [0.15, 0.2) is 58.7 Å². The monoisotopic (exact) mass is 600 g/mol. The zero-order valence-corrected chi connectivity index (χ0v) is 26.9. The molecule has 3 aliphatic heterocycles. The fourth-order valence-electron chi connectivity index (χ4n) is 7.23. The molecular formula is C35H52O8. The zero-order valence-electron chi connectivity index (χ0n) is 26.9. The number of aliphatic hydroxyl groups excluding tert-OH is 2. The first kappa shape index (κ1) is 33.8. The number of carbonyl (C=O) groups excluding carboxylic acids is 1. The maximum absolute atomic E-state index is 14.0. The van der Waals surface area contributed by atoms with Crippen LogP contribution >= 0.6 is 0 Å². The van der Waals surface area contributed by atoms with Gasteiger partial charge in [0.15, 0.2) is 5.79 Å². The molecule has 0 aromatic carbocycles. The molecule has 0 radical (unpaired) electrons. The molecule has 2 bridgehead atoms. The van der Waals surface area contributed by atoms with Gasteiger partial charge in [0.25, 0.3) is 0 Å². The Hall–Kier alpha value is -2.07. The molecule has 8 heteroatoms. The largest absolute Gasteiger partial charge is 0.462 e. The number of esters is 1. The zero-order chi connectivity index (χ0) is 31.5. The highest BCUT2D eigenvalue weighted by atomic mass is 16.7. The Labute approximate surface area is 257 Å². The number of rotatable bonds is 3. The van der Waals surface area contributed by atoms with Crippen LogP contribution in [-0.4, -0.2) is 76.9 Å². The molecule has 3 N–H and O–H groups in total. The summed E-state index contributed by atoms with van der Waals surface area (Å²) < 4.78 is 25.1. The van der Waals surface area contributed by atoms with Gasteiger partial charge in [0.05, 0.1) is 24.9 Å². The first-order chi connectivity index (χ1) is 20.3. The van der Waals surface area contributed by atoms with E-state index in [4.69, 9.17) is 18.9 Å². The third-order valence-corrected chi connectivity index (χ3v) is 9.86. The van der Waals surface area contributed by atoms with E-state index in [2.05, 4.69) is 26.8 Å². The van der Waals surface area contributed by atoms with Crippen LogP contribution in [0, 0.1) is 17.8 Å². The Morgan fingerprint density at radius 3 is 2.58 bits per heavy atom. The molecule has 2 saturated heterocycles. The van der Waals surface area contributed by atoms with E-state index in [0.29, 0.717) is 24.8 Å². The van der Waals surface area contributed by atoms with Gasteiger partial charge < -0.3 is 34.3 Å². The Morgan fingerprint density at radius 2 is 1.91 bits per heavy atom. The molecule has 1 spiro atoms. The van der Waals surface area contributed by atoms with Gasteiger partial charge >= 0.3 is 5.97 Å². The van der Waals surface area contributed by atoms with E-state index in [9.17, 15) is 20.1 Å². The molecule has 4 rings (SSSR count). The number of methoxy groups -OCH3 is 1. The third-order valence-electron chi connectivity index (χ3n) is 9.86. The lowest BCUT2D eigenvalue weighted by Gasteiger charge is -2.52. The lowest BCUT2D eigenvalue weighted by molar-refractivity contribution is -0.363. The van der Waals surface area contributed by atoms with Crippen molar-refractivity contribution in [3.05, 3.63) is 58.7 Å². The first-order valence-electron chi connectivity index (χ1n) is 15.8. The summed E-state index contributed by atoms with van der Waals surface area (Å²) in [5, 5.41) is 34.0. The van der Waals surface area contributed by atoms with Crippen LogP contribution in [0.25, 0.3) is 0 Å². The fraction of sp³-hybridized carbons (Fsp3) is 0.686. The molecular weight excluding hydrogens is 548 g/mol. The molecule has 240 valence electrons. The summed E-state index contributed by atoms with van der Waals surface area (Å²) in [5.74, 6) is -2.67. The summed E-state index contributed by atoms with van der Waals surface area (Å²) in [6.07, 6.45) is 11.6. The maximum atomic E-state index is 14.0. The van der Waals surface area contributed by atoms with Gasteiger partial charge in [0.1, 0.15) is 23.7 Å². The number of hydrogen-bond donors (Lipinski definition) is 3. The molecule has 0 unspecified atom stereocenters. The van der Waals surface area contributed by atoms with Crippen LogP contribution in [0.2, 0.25) is 0 Å². The minimum absolute atomic E-state index is 0.0896. The topological polar surface area (TPSA) is 115 Å². The van der Waals surface area contributed by atoms with Gasteiger partial charge in [-0.05, 0) is 75.5 Å². The SMILES string of the molecule is C/C=C(\C)[C@H]1O[C@@]2(C[C@@H]3C[C@@H](C/C=C(\C)C[C@@H](C)/C=C/C=C(\CO)[C@]4(O)C[C@H](OC)C(C)=C[C@H]4C(=O)O3)O2)[C@H](O)C[C@@H]1C. The predicted molar refractivity (Wildman–Crippen MR) is 165 cm³/mol. The van der Waals surface area contributed by atoms with Crippen LogP contribution in [0.1, 0.15) is 80.1 Å². The third kappa shape index (κ3) is 7.26. The molecule has 0 aromatic rings. The highest BCUT2D eigenvalue weighted by Crippen LogP contribution is 2.46. The smallest absolute Gasteiger partial charge is 0.316 e. The van der Waals surface area contributed by atoms with Crippen molar-refractivity contribution in [1.82, 2.24) is 0 Å². The summed E-state index contributed by atoms with van der Waals surface area (Å²) in [5.41, 5.74) is 1.70. The highest BCUT2D eigenvalue weighted by Gasteiger charge is 2.55. The van der Waals surface area contributed by atoms with Gasteiger partial charge in [-0.15, -0.1) is 0 Å². The van der Waals surface area contributed by atoms with E-state index in [1.165, 1.54) is 5.57 Å². The quantitative estimate of drug-likeness (QED) is 0.303. The molecule has 4 aliphatic rings. The molecule has 0 amide bonds. The number of carbonyl (C=O) groups is 1. The summed E-state index contributed by atoms with van der Waals surface area (Å²) in [4.78, 5) is 14.0. The van der Waals surface area contributed by atoms with Crippen molar-refractivity contribution in [3.63, 3.8) is 0 Å². The van der Waals surface area contributed by atoms with E-state index in [0.717, 1.165) is 17.6 Å². The predicted octanol–water partition coefficient (Wildman–Crippen LogP) is 5.09. The van der Waals surface area contributed by atoms with E-state index < -0.39 is 48.2 Å². The van der Waals surface area contributed by atoms with Crippen LogP contribution < -0.4 is 0 Å². The second-order valence-corrected chi connectivity index (χ2v) is 13.3. The Balaban J connectivity index is 1.77. The maximum Gasteiger partial charge on any atom is 0.316 e. The summed E-state index contributed by atoms with van der Waals surface area (Å²) >= 11 is 0. The average Bonchev–Trinajstić information content (AvgIpc) is 2.96. The van der Waals surface area contributed by atoms with E-state index >= 15 is 0 Å². The van der Waals surface area contributed by atoms with Gasteiger partial charge in [-0.25, -0.2) is 0 Å². The normalized spacial score (nSPS) is 44.7. The molecule has 43 heavy (non-hydrogen) atoms. The van der Waals surface area contributed by atoms with Crippen molar-refractivity contribution in [1.29, 1.82) is 0 Å². The van der Waals surface area contributed by atoms with Crippen molar-refractivity contribution in [2.75, 3.05) is 13.7 Å². The van der Waals surface area contributed by atoms with Crippen molar-refractivity contribution in [2.24, 2.45) is 17.8 Å². The summed E-state index contributed by atoms with van der Waals surface area (Å²) in [6, 6.07) is 0. The molecule has 0 saturated carbocycles. The standard InChI is InChI=1S/C35H52O8/c1-8-23(4)32-25(6)16-31(37)35(43-32)18-28-17-27(42-35)13-12-22(3)14-21(2)10-9-11-26(20-36)34(39)19-30(40-7)24(5)15-29(34)33(38)41-28/h8-12,15,21,25,27-32,36-37,39H,13-14,16-20H2,1-7H3/b10-9+,22-12+,23-8+,26-11+/t21-,25-,27+,28-,29-,30-,31+,32+,34+,35-/m0/s1. The van der Waals surface area contributed by atoms with Crippen LogP contribution in [0.4, 0.5) is 0 Å². The molecule has 2 fully saturated rings. The average molecular weight is 601 g/mol. The lowest BCUT2D eigenvalue weighted by Crippen LogP contribution is -2.61. The van der Waals surface area contributed by atoms with Crippen molar-refractivity contribution >= 4 is 5.97 Å². The van der Waals surface area contributed by atoms with E-state index in [1.54, 1.807) is 19.3 Å². The molecule has 10 atom stereocenters. The van der Waals surface area contributed by atoms with E-state index in [-0.39, 0.29) is 36.9 Å². The fourth-order valence-corrected chi connectivity index (χ4v) is 7.23. The Kier molecular flexibility index (Phi) is 10.9. The van der Waals surface area contributed by atoms with Crippen molar-refractivity contribution in [3.8, 4) is 0 Å². The van der Waals surface area contributed by atoms with Gasteiger partial charge in [0.2, 0.25) is 0 Å². The van der Waals surface area contributed by atoms with Crippen LogP contribution in [-0.2, 0) is 23.7 Å². The van der Waals surface area contributed by atoms with E-state index in [1.807, 2.05) is 39.0 Å². The number of aliphatic hydroxyl groups is 3. The highest BCUT2D eigenvalue weighted by molar-refractivity contribution is 5.78. The minimum Gasteiger partial charge on any atom is -0.462 e. The summed E-state index contributed by atoms with van der Waals surface area (Å²) in [6.45, 7) is 11.7. The Bertz CT molecular complexity index is 1170. The van der Waals surface area contributed by atoms with Gasteiger partial charge in [-0.3, -0.25) is 4.79 Å². The van der Waals surface area contributed by atoms with Crippen molar-refractivity contribution < 1.29 is 39.1 Å². The number of fused-ring (bicyclic) bond motifs is 3. The van der Waals surface area contributed by atoms with Crippen molar-refractivity contribution in [2.45, 2.75) is 122 Å². The van der Waals surface area contributed by atoms with Crippen LogP contribution in [0.5, 0.6) is 0 Å². The Morgan fingerprint density at radius 1 is 1.16 bits per heavy atom. The second-order valence-electron chi connectivity index (χ2n) is 13.3. The minimum atomic E-state index is -1.71. The van der Waals surface area contributed by atoms with Gasteiger partial charge in [-0.1, -0.05) is 55.9 Å². The van der Waals surface area contributed by atoms with Gasteiger partial charge in [0, 0.05) is 26.4 Å². The van der Waals surface area contributed by atoms with Crippen LogP contribution in [0.3, 0.4) is 0 Å². The summed E-state index contributed by atoms with van der Waals surface area (Å²) in [7, 11) is 1.57. The number of allylic oxidation sites excluding steroid dienone is 5. The lowest BCUT2D eigenvalue weighted by atomic mass is 9.71. The van der Waals surface area contributed by atoms with Gasteiger partial charge in [-0.2, -0.15) is 0 Å². The molecule has 8 nitrogen and oxygen atoms in total. The molecule has 3 heterocycles. The number of ether oxygens (including phenoxy) is 4. The molecule has 1 aliphatic carbocycles. The first-order valence-corrected chi connectivity index (χ1v) is 15.8.